The molecule has 0 aliphatic heterocycles. The van der Waals surface area contributed by atoms with Gasteiger partial charge in [-0.2, -0.15) is 0 Å². The normalized spacial score (nSPS) is 10.4. The van der Waals surface area contributed by atoms with Gasteiger partial charge in [0.05, 0.1) is 5.00 Å². The Hall–Kier alpha value is -1.74. The molecule has 0 radical (unpaired) electrons. The highest BCUT2D eigenvalue weighted by Crippen LogP contribution is 2.34. The van der Waals surface area contributed by atoms with E-state index in [-0.39, 0.29) is 0 Å². The number of thiophene rings is 1. The predicted molar refractivity (Wildman–Crippen MR) is 83.9 cm³/mol. The van der Waals surface area contributed by atoms with E-state index in [4.69, 9.17) is 10.5 Å². The summed E-state index contributed by atoms with van der Waals surface area (Å²) >= 11 is 1.66. The molecule has 0 saturated carbocycles. The van der Waals surface area contributed by atoms with E-state index in [0.717, 1.165) is 33.9 Å². The third-order valence-corrected chi connectivity index (χ3v) is 3.92. The minimum atomic E-state index is 0.555. The summed E-state index contributed by atoms with van der Waals surface area (Å²) in [5.74, 6) is 0.858. The molecular formula is C16H19NOS. The lowest BCUT2D eigenvalue weighted by Gasteiger charge is -2.06. The molecule has 0 atom stereocenters. The van der Waals surface area contributed by atoms with Gasteiger partial charge in [0, 0.05) is 10.4 Å². The van der Waals surface area contributed by atoms with Gasteiger partial charge in [0.25, 0.3) is 0 Å². The van der Waals surface area contributed by atoms with Gasteiger partial charge >= 0.3 is 0 Å². The Kier molecular flexibility index (Phi) is 4.27. The Labute approximate surface area is 118 Å². The predicted octanol–water partition coefficient (Wildman–Crippen LogP) is 4.51. The molecule has 3 heteroatoms. The topological polar surface area (TPSA) is 35.2 Å². The average molecular weight is 273 g/mol. The number of hydrogen-bond donors (Lipinski definition) is 1. The quantitative estimate of drug-likeness (QED) is 0.813. The summed E-state index contributed by atoms with van der Waals surface area (Å²) in [4.78, 5) is 1.31. The smallest absolute Gasteiger partial charge is 0.119 e. The highest BCUT2D eigenvalue weighted by molar-refractivity contribution is 7.16. The molecule has 2 N–H and O–H groups in total. The number of hydrogen-bond acceptors (Lipinski definition) is 3. The summed E-state index contributed by atoms with van der Waals surface area (Å²) in [6, 6.07) is 10.2. The second-order valence-electron chi connectivity index (χ2n) is 4.61. The molecule has 2 aromatic rings. The summed E-state index contributed by atoms with van der Waals surface area (Å²) in [5.41, 5.74) is 9.33. The van der Waals surface area contributed by atoms with Gasteiger partial charge in [0.2, 0.25) is 0 Å². The first kappa shape index (κ1) is 13.7. The Morgan fingerprint density at radius 2 is 2.00 bits per heavy atom. The first-order valence-corrected chi connectivity index (χ1v) is 7.17. The molecule has 0 aliphatic rings. The van der Waals surface area contributed by atoms with E-state index < -0.39 is 0 Å². The number of aryl methyl sites for hydroxylation is 1. The first-order valence-electron chi connectivity index (χ1n) is 6.36. The standard InChI is InChI=1S/C16H19NOS/c1-4-14-9-15(16(17)19-14)12-5-7-13(8-6-12)18-10-11(2)3/h5-9H,2,4,10,17H2,1,3H3. The van der Waals surface area contributed by atoms with Gasteiger partial charge in [-0.05, 0) is 42.7 Å². The fourth-order valence-electron chi connectivity index (χ4n) is 1.79. The molecule has 0 saturated heterocycles. The Bertz CT molecular complexity index is 569. The van der Waals surface area contributed by atoms with Crippen LogP contribution in [-0.2, 0) is 6.42 Å². The number of ether oxygens (including phenoxy) is 1. The van der Waals surface area contributed by atoms with Crippen molar-refractivity contribution in [2.24, 2.45) is 0 Å². The van der Waals surface area contributed by atoms with Gasteiger partial charge in [-0.3, -0.25) is 0 Å². The first-order chi connectivity index (χ1) is 9.10. The molecule has 2 nitrogen and oxygen atoms in total. The lowest BCUT2D eigenvalue weighted by molar-refractivity contribution is 0.353. The van der Waals surface area contributed by atoms with Crippen LogP contribution in [0.1, 0.15) is 18.7 Å². The third-order valence-electron chi connectivity index (χ3n) is 2.81. The summed E-state index contributed by atoms with van der Waals surface area (Å²) in [5, 5.41) is 0.882. The van der Waals surface area contributed by atoms with Crippen LogP contribution in [0.4, 0.5) is 5.00 Å². The van der Waals surface area contributed by atoms with Crippen molar-refractivity contribution < 1.29 is 4.74 Å². The van der Waals surface area contributed by atoms with Gasteiger partial charge in [-0.25, -0.2) is 0 Å². The fraction of sp³-hybridized carbons (Fsp3) is 0.250. The second kappa shape index (κ2) is 5.93. The van der Waals surface area contributed by atoms with Crippen LogP contribution < -0.4 is 10.5 Å². The summed E-state index contributed by atoms with van der Waals surface area (Å²) in [6.45, 7) is 8.47. The molecule has 19 heavy (non-hydrogen) atoms. The van der Waals surface area contributed by atoms with Crippen LogP contribution >= 0.6 is 11.3 Å². The largest absolute Gasteiger partial charge is 0.489 e. The number of benzene rings is 1. The van der Waals surface area contributed by atoms with E-state index >= 15 is 0 Å². The van der Waals surface area contributed by atoms with Gasteiger partial charge in [0.1, 0.15) is 12.4 Å². The molecule has 0 bridgehead atoms. The van der Waals surface area contributed by atoms with Crippen molar-refractivity contribution in [3.05, 3.63) is 47.4 Å². The fourth-order valence-corrected chi connectivity index (χ4v) is 2.69. The van der Waals surface area contributed by atoms with E-state index in [0.29, 0.717) is 6.61 Å². The summed E-state index contributed by atoms with van der Waals surface area (Å²) < 4.78 is 5.59. The number of anilines is 1. The zero-order chi connectivity index (χ0) is 13.8. The Balaban J connectivity index is 2.17. The molecule has 2 rings (SSSR count). The van der Waals surface area contributed by atoms with E-state index in [2.05, 4.69) is 19.6 Å². The number of nitrogens with two attached hydrogens (primary N) is 1. The molecule has 1 heterocycles. The van der Waals surface area contributed by atoms with E-state index in [1.807, 2.05) is 31.2 Å². The number of nitrogen functional groups attached to an aromatic ring is 1. The minimum absolute atomic E-state index is 0.555. The molecule has 1 aromatic carbocycles. The molecule has 0 spiro atoms. The van der Waals surface area contributed by atoms with Gasteiger partial charge in [0.15, 0.2) is 0 Å². The van der Waals surface area contributed by atoms with Gasteiger partial charge in [-0.15, -0.1) is 11.3 Å². The molecule has 100 valence electrons. The van der Waals surface area contributed by atoms with Gasteiger partial charge < -0.3 is 10.5 Å². The van der Waals surface area contributed by atoms with Crippen LogP contribution in [0.2, 0.25) is 0 Å². The second-order valence-corrected chi connectivity index (χ2v) is 5.78. The van der Waals surface area contributed by atoms with Crippen molar-refractivity contribution >= 4 is 16.3 Å². The maximum Gasteiger partial charge on any atom is 0.119 e. The van der Waals surface area contributed by atoms with Crippen molar-refractivity contribution in [3.8, 4) is 16.9 Å². The van der Waals surface area contributed by atoms with Crippen molar-refractivity contribution in [1.82, 2.24) is 0 Å². The molecule has 1 aromatic heterocycles. The van der Waals surface area contributed by atoms with Crippen molar-refractivity contribution in [2.75, 3.05) is 12.3 Å². The Morgan fingerprint density at radius 1 is 1.32 bits per heavy atom. The lowest BCUT2D eigenvalue weighted by atomic mass is 10.1. The van der Waals surface area contributed by atoms with Crippen LogP contribution in [0, 0.1) is 0 Å². The van der Waals surface area contributed by atoms with Crippen LogP contribution in [-0.4, -0.2) is 6.61 Å². The highest BCUT2D eigenvalue weighted by atomic mass is 32.1. The summed E-state index contributed by atoms with van der Waals surface area (Å²) in [6.07, 6.45) is 1.02. The van der Waals surface area contributed by atoms with E-state index in [9.17, 15) is 0 Å². The zero-order valence-electron chi connectivity index (χ0n) is 11.4. The Morgan fingerprint density at radius 3 is 2.53 bits per heavy atom. The maximum atomic E-state index is 6.06. The number of rotatable bonds is 5. The average Bonchev–Trinajstić information content (AvgIpc) is 2.78. The van der Waals surface area contributed by atoms with Crippen LogP contribution in [0.25, 0.3) is 11.1 Å². The summed E-state index contributed by atoms with van der Waals surface area (Å²) in [7, 11) is 0. The SMILES string of the molecule is C=C(C)COc1ccc(-c2cc(CC)sc2N)cc1. The molecule has 0 amide bonds. The van der Waals surface area contributed by atoms with Crippen molar-refractivity contribution in [2.45, 2.75) is 20.3 Å². The third kappa shape index (κ3) is 3.38. The van der Waals surface area contributed by atoms with Crippen LogP contribution in [0.3, 0.4) is 0 Å². The van der Waals surface area contributed by atoms with Crippen LogP contribution in [0.15, 0.2) is 42.5 Å². The maximum absolute atomic E-state index is 6.06. The van der Waals surface area contributed by atoms with Crippen LogP contribution in [0.5, 0.6) is 5.75 Å². The zero-order valence-corrected chi connectivity index (χ0v) is 12.2. The van der Waals surface area contributed by atoms with Crippen molar-refractivity contribution in [3.63, 3.8) is 0 Å². The van der Waals surface area contributed by atoms with Gasteiger partial charge in [-0.1, -0.05) is 25.6 Å². The molecule has 0 aliphatic carbocycles. The lowest BCUT2D eigenvalue weighted by Crippen LogP contribution is -1.97. The molecule has 0 unspecified atom stereocenters. The van der Waals surface area contributed by atoms with Crippen molar-refractivity contribution in [1.29, 1.82) is 0 Å². The van der Waals surface area contributed by atoms with E-state index in [1.54, 1.807) is 11.3 Å². The molecule has 0 fully saturated rings. The molecular weight excluding hydrogens is 254 g/mol. The highest BCUT2D eigenvalue weighted by Gasteiger charge is 2.07. The van der Waals surface area contributed by atoms with E-state index in [1.165, 1.54) is 4.88 Å². The monoisotopic (exact) mass is 273 g/mol. The minimum Gasteiger partial charge on any atom is -0.489 e.